The van der Waals surface area contributed by atoms with Crippen molar-refractivity contribution in [3.63, 3.8) is 0 Å². The standard InChI is InChI=1S/C32H35GeN2S.C13H24O2.Ir/c1-20-24(21-13-15-32(2,3)16-14-21)11-12-26-29-31(36-30(20)26)28(34-19-35-29)23-17-22-9-7-8-10-25(22)27(18-23)33(4,5)6;1-5-10(6-2)12(14)9-13(15)11(7-3)8-4;/h7-12,18-19,21H,13-16H2,1-6H3;9-11,14H,5-8H2,1-4H3;/q-1;;/b;12-9-;. The summed E-state index contributed by atoms with van der Waals surface area (Å²) >= 11 is -0.247. The Balaban J connectivity index is 0.000000323. The molecule has 52 heavy (non-hydrogen) atoms. The van der Waals surface area contributed by atoms with Crippen LogP contribution in [0, 0.1) is 30.2 Å². The molecule has 6 rings (SSSR count). The summed E-state index contributed by atoms with van der Waals surface area (Å²) in [6.07, 6.45) is 11.9. The summed E-state index contributed by atoms with van der Waals surface area (Å²) in [4.78, 5) is 21.4. The molecule has 0 aliphatic heterocycles. The molecule has 3 aromatic carbocycles. The number of aliphatic hydroxyl groups is 1. The monoisotopic (exact) mass is 958 g/mol. The molecule has 1 fully saturated rings. The summed E-state index contributed by atoms with van der Waals surface area (Å²) in [5.74, 6) is 8.63. The molecule has 1 saturated carbocycles. The van der Waals surface area contributed by atoms with Crippen LogP contribution in [0.2, 0.25) is 17.3 Å². The van der Waals surface area contributed by atoms with Crippen LogP contribution in [-0.2, 0) is 24.9 Å². The topological polar surface area (TPSA) is 63.1 Å². The maximum atomic E-state index is 11.7. The first-order valence-corrected chi connectivity index (χ1v) is 27.5. The third-order valence-corrected chi connectivity index (χ3v) is 17.0. The number of hydrogen-bond acceptors (Lipinski definition) is 5. The van der Waals surface area contributed by atoms with Crippen LogP contribution in [0.25, 0.3) is 42.3 Å². The van der Waals surface area contributed by atoms with Crippen molar-refractivity contribution in [2.45, 2.75) is 123 Å². The summed E-state index contributed by atoms with van der Waals surface area (Å²) in [5, 5.41) is 13.6. The van der Waals surface area contributed by atoms with Crippen molar-refractivity contribution in [3.05, 3.63) is 77.8 Å². The molecular formula is C45H59GeIrN2O2S-. The molecule has 1 aliphatic carbocycles. The number of aromatic nitrogens is 2. The average molecular weight is 957 g/mol. The minimum Gasteiger partial charge on any atom is 0 e. The Hall–Kier alpha value is -2.38. The first-order valence-electron chi connectivity index (χ1n) is 19.3. The molecule has 7 heteroatoms. The Kier molecular flexibility index (Phi) is 14.5. The van der Waals surface area contributed by atoms with Crippen molar-refractivity contribution in [1.29, 1.82) is 0 Å². The number of rotatable bonds is 10. The van der Waals surface area contributed by atoms with Gasteiger partial charge in [0.15, 0.2) is 5.78 Å². The van der Waals surface area contributed by atoms with Crippen LogP contribution < -0.4 is 4.40 Å². The molecule has 2 heterocycles. The van der Waals surface area contributed by atoms with E-state index < -0.39 is 13.3 Å². The van der Waals surface area contributed by atoms with Gasteiger partial charge < -0.3 is 5.11 Å². The number of carbonyl (C=O) groups excluding carboxylic acids is 1. The third kappa shape index (κ3) is 9.28. The molecule has 0 atom stereocenters. The molecule has 0 saturated heterocycles. The van der Waals surface area contributed by atoms with Gasteiger partial charge >= 0.3 is 203 Å². The molecule has 1 aliphatic rings. The molecule has 1 N–H and O–H groups in total. The van der Waals surface area contributed by atoms with E-state index in [1.54, 1.807) is 11.9 Å². The summed E-state index contributed by atoms with van der Waals surface area (Å²) in [5.41, 5.74) is 6.69. The number of nitrogens with zero attached hydrogens (tertiary/aromatic N) is 2. The normalized spacial score (nSPS) is 15.3. The van der Waals surface area contributed by atoms with Crippen LogP contribution in [-0.4, -0.2) is 34.1 Å². The number of thiophene rings is 1. The number of benzene rings is 3. The summed E-state index contributed by atoms with van der Waals surface area (Å²) < 4.78 is 4.09. The molecule has 281 valence electrons. The fraction of sp³-hybridized carbons (Fsp3) is 0.489. The van der Waals surface area contributed by atoms with Crippen molar-refractivity contribution in [2.75, 3.05) is 0 Å². The van der Waals surface area contributed by atoms with Gasteiger partial charge in [0.2, 0.25) is 0 Å². The van der Waals surface area contributed by atoms with E-state index in [0.29, 0.717) is 11.3 Å². The van der Waals surface area contributed by atoms with E-state index in [4.69, 9.17) is 9.97 Å². The first kappa shape index (κ1) is 42.4. The van der Waals surface area contributed by atoms with Gasteiger partial charge in [-0.25, -0.2) is 0 Å². The zero-order valence-electron chi connectivity index (χ0n) is 33.1. The van der Waals surface area contributed by atoms with E-state index in [1.807, 2.05) is 39.0 Å². The molecule has 2 aromatic heterocycles. The molecule has 0 bridgehead atoms. The van der Waals surface area contributed by atoms with Gasteiger partial charge in [0.25, 0.3) is 0 Å². The molecular weight excluding hydrogens is 897 g/mol. The Bertz CT molecular complexity index is 2020. The Morgan fingerprint density at radius 3 is 2.19 bits per heavy atom. The van der Waals surface area contributed by atoms with Crippen LogP contribution in [0.1, 0.15) is 110 Å². The van der Waals surface area contributed by atoms with E-state index in [0.717, 1.165) is 42.5 Å². The average Bonchev–Trinajstić information content (AvgIpc) is 3.49. The maximum Gasteiger partial charge on any atom is 0 e. The largest absolute Gasteiger partial charge is 0 e. The third-order valence-electron chi connectivity index (χ3n) is 11.4. The van der Waals surface area contributed by atoms with Gasteiger partial charge in [-0.15, -0.1) is 0 Å². The van der Waals surface area contributed by atoms with Crippen LogP contribution >= 0.6 is 11.3 Å². The molecule has 1 radical (unpaired) electrons. The Morgan fingerprint density at radius 2 is 1.58 bits per heavy atom. The quantitative estimate of drug-likeness (QED) is 0.0656. The van der Waals surface area contributed by atoms with Gasteiger partial charge in [0.1, 0.15) is 0 Å². The van der Waals surface area contributed by atoms with Crippen LogP contribution in [0.4, 0.5) is 0 Å². The fourth-order valence-electron chi connectivity index (χ4n) is 7.89. The predicted octanol–water partition coefficient (Wildman–Crippen LogP) is 12.9. The van der Waals surface area contributed by atoms with Crippen LogP contribution in [0.5, 0.6) is 0 Å². The Morgan fingerprint density at radius 1 is 0.942 bits per heavy atom. The smallest absolute Gasteiger partial charge is 0 e. The van der Waals surface area contributed by atoms with Crippen LogP contribution in [0.3, 0.4) is 0 Å². The minimum atomic E-state index is -2.12. The molecule has 5 aromatic rings. The molecule has 4 nitrogen and oxygen atoms in total. The molecule has 0 amide bonds. The first-order chi connectivity index (χ1) is 24.2. The number of fused-ring (bicyclic) bond motifs is 4. The number of aryl methyl sites for hydroxylation is 1. The minimum absolute atomic E-state index is 0. The van der Waals surface area contributed by atoms with Gasteiger partial charge in [-0.2, -0.15) is 0 Å². The molecule has 0 spiro atoms. The fourth-order valence-corrected chi connectivity index (χ4v) is 12.5. The zero-order chi connectivity index (χ0) is 37.1. The summed E-state index contributed by atoms with van der Waals surface area (Å²) in [6, 6.07) is 19.5. The maximum absolute atomic E-state index is 11.7. The van der Waals surface area contributed by atoms with Gasteiger partial charge in [0.05, 0.1) is 5.76 Å². The number of aliphatic hydroxyl groups excluding tert-OH is 1. The second kappa shape index (κ2) is 17.8. The summed E-state index contributed by atoms with van der Waals surface area (Å²) in [6.45, 7) is 15.2. The van der Waals surface area contributed by atoms with E-state index in [1.165, 1.54) is 67.3 Å². The van der Waals surface area contributed by atoms with Crippen molar-refractivity contribution in [2.24, 2.45) is 17.3 Å². The van der Waals surface area contributed by atoms with E-state index >= 15 is 0 Å². The number of allylic oxidation sites excluding steroid dienone is 2. The van der Waals surface area contributed by atoms with E-state index in [-0.39, 0.29) is 43.5 Å². The number of ketones is 1. The van der Waals surface area contributed by atoms with Crippen molar-refractivity contribution < 1.29 is 30.0 Å². The van der Waals surface area contributed by atoms with Gasteiger partial charge in [-0.05, 0) is 31.1 Å². The molecule has 0 unspecified atom stereocenters. The van der Waals surface area contributed by atoms with E-state index in [9.17, 15) is 9.90 Å². The second-order valence-electron chi connectivity index (χ2n) is 16.5. The summed E-state index contributed by atoms with van der Waals surface area (Å²) in [7, 11) is 0. The van der Waals surface area contributed by atoms with Crippen LogP contribution in [0.15, 0.2) is 60.6 Å². The second-order valence-corrected chi connectivity index (χ2v) is 28.1. The predicted molar refractivity (Wildman–Crippen MR) is 223 cm³/mol. The SMILES string of the molecule is CCC(CC)C(=O)/C=C(\O)C(CC)CC.Cc1c(C2CCC(C)(C)CC2)ccc2c1sc1c(-c3[c-]c4ccccc4[c]([Ge]([CH3])([CH3])[CH3])c3)ncnc12.[Ir]. The van der Waals surface area contributed by atoms with Crippen molar-refractivity contribution in [1.82, 2.24) is 9.97 Å². The zero-order valence-corrected chi connectivity index (χ0v) is 38.4. The van der Waals surface area contributed by atoms with Gasteiger partial charge in [0, 0.05) is 38.0 Å². The van der Waals surface area contributed by atoms with E-state index in [2.05, 4.69) is 86.6 Å². The number of carbonyl (C=O) groups is 1. The van der Waals surface area contributed by atoms with Crippen molar-refractivity contribution in [3.8, 4) is 11.3 Å². The number of hydrogen-bond donors (Lipinski definition) is 1. The Labute approximate surface area is 333 Å². The van der Waals surface area contributed by atoms with Gasteiger partial charge in [-0.3, -0.25) is 4.79 Å². The van der Waals surface area contributed by atoms with Crippen molar-refractivity contribution >= 4 is 65.9 Å². The van der Waals surface area contributed by atoms with Gasteiger partial charge in [-0.1, -0.05) is 41.5 Å².